The van der Waals surface area contributed by atoms with Gasteiger partial charge in [0.15, 0.2) is 0 Å². The molecule has 0 atom stereocenters. The van der Waals surface area contributed by atoms with Crippen LogP contribution in [-0.2, 0) is 0 Å². The van der Waals surface area contributed by atoms with Gasteiger partial charge in [0.25, 0.3) is 0 Å². The number of hydrogen-bond donors (Lipinski definition) is 1. The zero-order chi connectivity index (χ0) is 12.8. The molecule has 0 unspecified atom stereocenters. The van der Waals surface area contributed by atoms with E-state index in [-0.39, 0.29) is 0 Å². The van der Waals surface area contributed by atoms with Crippen molar-refractivity contribution in [2.45, 2.75) is 26.7 Å². The first-order chi connectivity index (χ1) is 8.81. The third kappa shape index (κ3) is 3.23. The fourth-order valence-corrected chi connectivity index (χ4v) is 2.00. The number of para-hydroxylation sites is 1. The van der Waals surface area contributed by atoms with Gasteiger partial charge >= 0.3 is 0 Å². The zero-order valence-electron chi connectivity index (χ0n) is 11.2. The average molecular weight is 243 g/mol. The summed E-state index contributed by atoms with van der Waals surface area (Å²) in [5.74, 6) is 0.940. The summed E-state index contributed by atoms with van der Waals surface area (Å²) < 4.78 is 5.82. The van der Waals surface area contributed by atoms with E-state index in [4.69, 9.17) is 4.42 Å². The van der Waals surface area contributed by atoms with E-state index < -0.39 is 0 Å². The van der Waals surface area contributed by atoms with E-state index in [1.54, 1.807) is 0 Å². The van der Waals surface area contributed by atoms with Crippen molar-refractivity contribution in [3.05, 3.63) is 41.7 Å². The molecule has 0 aliphatic heterocycles. The highest BCUT2D eigenvalue weighted by atomic mass is 16.3. The molecule has 1 N–H and O–H groups in total. The maximum atomic E-state index is 5.82. The van der Waals surface area contributed by atoms with Gasteiger partial charge < -0.3 is 9.73 Å². The highest BCUT2D eigenvalue weighted by molar-refractivity contribution is 5.82. The maximum absolute atomic E-state index is 5.82. The summed E-state index contributed by atoms with van der Waals surface area (Å²) in [6, 6.07) is 8.33. The highest BCUT2D eigenvalue weighted by Gasteiger charge is 2.02. The summed E-state index contributed by atoms with van der Waals surface area (Å²) in [7, 11) is 0. The molecule has 0 amide bonds. The zero-order valence-corrected chi connectivity index (χ0v) is 11.2. The van der Waals surface area contributed by atoms with Crippen molar-refractivity contribution >= 4 is 17.0 Å². The van der Waals surface area contributed by atoms with Crippen molar-refractivity contribution in [2.24, 2.45) is 0 Å². The van der Waals surface area contributed by atoms with E-state index in [1.807, 2.05) is 0 Å². The Bertz CT molecular complexity index is 525. The largest absolute Gasteiger partial charge is 0.456 e. The fourth-order valence-electron chi connectivity index (χ4n) is 2.00. The quantitative estimate of drug-likeness (QED) is 0.771. The smallest absolute Gasteiger partial charge is 0.137 e. The van der Waals surface area contributed by atoms with Gasteiger partial charge in [0.05, 0.1) is 0 Å². The van der Waals surface area contributed by atoms with Crippen LogP contribution in [0, 0.1) is 6.92 Å². The molecule has 0 spiro atoms. The van der Waals surface area contributed by atoms with Gasteiger partial charge in [-0.3, -0.25) is 0 Å². The Morgan fingerprint density at radius 1 is 1.28 bits per heavy atom. The topological polar surface area (TPSA) is 25.2 Å². The second-order valence-corrected chi connectivity index (χ2v) is 4.58. The van der Waals surface area contributed by atoms with Crippen molar-refractivity contribution in [1.82, 2.24) is 5.32 Å². The van der Waals surface area contributed by atoms with Crippen LogP contribution in [0.25, 0.3) is 17.0 Å². The minimum atomic E-state index is 0.940. The number of hydrogen-bond acceptors (Lipinski definition) is 2. The monoisotopic (exact) mass is 243 g/mol. The predicted molar refractivity (Wildman–Crippen MR) is 77.8 cm³/mol. The number of nitrogens with one attached hydrogen (secondary N) is 1. The van der Waals surface area contributed by atoms with Crippen LogP contribution >= 0.6 is 0 Å². The standard InChI is InChI=1S/C16H21NO/c1-3-10-17-11-5-4-9-15-12-14-8-6-7-13(2)16(14)18-15/h4,6-9,12,17H,3,5,10-11H2,1-2H3/b9-4+. The lowest BCUT2D eigenvalue weighted by Gasteiger charge is -1.97. The van der Waals surface area contributed by atoms with Crippen molar-refractivity contribution in [2.75, 3.05) is 13.1 Å². The van der Waals surface area contributed by atoms with Crippen LogP contribution in [-0.4, -0.2) is 13.1 Å². The Balaban J connectivity index is 1.95. The maximum Gasteiger partial charge on any atom is 0.137 e. The van der Waals surface area contributed by atoms with Gasteiger partial charge in [-0.2, -0.15) is 0 Å². The van der Waals surface area contributed by atoms with Crippen molar-refractivity contribution < 1.29 is 4.42 Å². The number of fused-ring (bicyclic) bond motifs is 1. The van der Waals surface area contributed by atoms with E-state index in [9.17, 15) is 0 Å². The average Bonchev–Trinajstić information content (AvgIpc) is 2.78. The second-order valence-electron chi connectivity index (χ2n) is 4.58. The Morgan fingerprint density at radius 3 is 2.94 bits per heavy atom. The lowest BCUT2D eigenvalue weighted by molar-refractivity contribution is 0.601. The lowest BCUT2D eigenvalue weighted by atomic mass is 10.2. The summed E-state index contributed by atoms with van der Waals surface area (Å²) in [5, 5.41) is 4.55. The molecule has 2 aromatic rings. The summed E-state index contributed by atoms with van der Waals surface area (Å²) in [4.78, 5) is 0. The van der Waals surface area contributed by atoms with Crippen LogP contribution < -0.4 is 5.32 Å². The van der Waals surface area contributed by atoms with Gasteiger partial charge in [0.1, 0.15) is 11.3 Å². The van der Waals surface area contributed by atoms with Crippen molar-refractivity contribution in [1.29, 1.82) is 0 Å². The third-order valence-corrected chi connectivity index (χ3v) is 2.96. The van der Waals surface area contributed by atoms with E-state index in [1.165, 1.54) is 17.4 Å². The van der Waals surface area contributed by atoms with E-state index in [0.717, 1.165) is 30.9 Å². The number of benzene rings is 1. The van der Waals surface area contributed by atoms with Crippen molar-refractivity contribution in [3.8, 4) is 0 Å². The summed E-state index contributed by atoms with van der Waals surface area (Å²) in [6.45, 7) is 6.38. The minimum Gasteiger partial charge on any atom is -0.456 e. The van der Waals surface area contributed by atoms with E-state index in [2.05, 4.69) is 55.6 Å². The van der Waals surface area contributed by atoms with Gasteiger partial charge in [0.2, 0.25) is 0 Å². The Hall–Kier alpha value is -1.54. The minimum absolute atomic E-state index is 0.940. The SMILES string of the molecule is CCCNCC/C=C/c1cc2cccc(C)c2o1. The van der Waals surface area contributed by atoms with E-state index in [0.29, 0.717) is 0 Å². The molecule has 1 heterocycles. The lowest BCUT2D eigenvalue weighted by Crippen LogP contribution is -2.14. The molecular formula is C16H21NO. The molecule has 96 valence electrons. The molecule has 0 bridgehead atoms. The molecule has 0 saturated carbocycles. The van der Waals surface area contributed by atoms with Crippen LogP contribution in [0.15, 0.2) is 34.8 Å². The first kappa shape index (κ1) is 12.9. The molecule has 0 aliphatic rings. The Morgan fingerprint density at radius 2 is 2.17 bits per heavy atom. The third-order valence-electron chi connectivity index (χ3n) is 2.96. The van der Waals surface area contributed by atoms with Crippen molar-refractivity contribution in [3.63, 3.8) is 0 Å². The molecule has 18 heavy (non-hydrogen) atoms. The van der Waals surface area contributed by atoms with Crippen LogP contribution in [0.5, 0.6) is 0 Å². The Labute approximate surface area is 109 Å². The van der Waals surface area contributed by atoms with Gasteiger partial charge in [-0.05, 0) is 50.6 Å². The molecule has 2 rings (SSSR count). The van der Waals surface area contributed by atoms with Crippen LogP contribution in [0.4, 0.5) is 0 Å². The molecule has 0 fully saturated rings. The van der Waals surface area contributed by atoms with Crippen LogP contribution in [0.3, 0.4) is 0 Å². The van der Waals surface area contributed by atoms with Gasteiger partial charge in [-0.25, -0.2) is 0 Å². The second kappa shape index (κ2) is 6.41. The van der Waals surface area contributed by atoms with Gasteiger partial charge in [-0.15, -0.1) is 0 Å². The van der Waals surface area contributed by atoms with E-state index >= 15 is 0 Å². The molecule has 1 aromatic heterocycles. The first-order valence-electron chi connectivity index (χ1n) is 6.67. The summed E-state index contributed by atoms with van der Waals surface area (Å²) >= 11 is 0. The number of aryl methyl sites for hydroxylation is 1. The Kier molecular flexibility index (Phi) is 4.59. The van der Waals surface area contributed by atoms with Gasteiger partial charge in [-0.1, -0.05) is 31.2 Å². The van der Waals surface area contributed by atoms with Crippen LogP contribution in [0.1, 0.15) is 31.1 Å². The number of rotatable bonds is 6. The molecule has 0 radical (unpaired) electrons. The fraction of sp³-hybridized carbons (Fsp3) is 0.375. The van der Waals surface area contributed by atoms with Gasteiger partial charge in [0, 0.05) is 5.39 Å². The number of furan rings is 1. The molecule has 0 aliphatic carbocycles. The predicted octanol–water partition coefficient (Wildman–Crippen LogP) is 4.14. The first-order valence-corrected chi connectivity index (χ1v) is 6.67. The summed E-state index contributed by atoms with van der Waals surface area (Å²) in [5.41, 5.74) is 2.19. The normalized spacial score (nSPS) is 11.7. The summed E-state index contributed by atoms with van der Waals surface area (Å²) in [6.07, 6.45) is 6.45. The molecule has 2 heteroatoms. The molecule has 1 aromatic carbocycles. The molecule has 2 nitrogen and oxygen atoms in total. The molecule has 0 saturated heterocycles. The highest BCUT2D eigenvalue weighted by Crippen LogP contribution is 2.23. The van der Waals surface area contributed by atoms with Crippen LogP contribution in [0.2, 0.25) is 0 Å². The molecular weight excluding hydrogens is 222 g/mol.